The molecule has 2 aromatic rings. The molecule has 1 heterocycles. The van der Waals surface area contributed by atoms with E-state index in [0.717, 1.165) is 0 Å². The van der Waals surface area contributed by atoms with E-state index in [2.05, 4.69) is 4.98 Å². The molecule has 1 aromatic heterocycles. The second-order valence-corrected chi connectivity index (χ2v) is 3.78. The first-order valence-corrected chi connectivity index (χ1v) is 5.54. The zero-order chi connectivity index (χ0) is 13.0. The molecule has 18 heavy (non-hydrogen) atoms. The Morgan fingerprint density at radius 2 is 2.06 bits per heavy atom. The Labute approximate surface area is 109 Å². The van der Waals surface area contributed by atoms with Crippen molar-refractivity contribution in [3.05, 3.63) is 48.2 Å². The topological polar surface area (TPSA) is 48.4 Å². The monoisotopic (exact) mass is 263 g/mol. The van der Waals surface area contributed by atoms with Crippen molar-refractivity contribution >= 4 is 16.8 Å². The van der Waals surface area contributed by atoms with E-state index in [1.54, 1.807) is 43.5 Å². The highest BCUT2D eigenvalue weighted by Gasteiger charge is 2.04. The van der Waals surface area contributed by atoms with E-state index in [9.17, 15) is 4.79 Å². The van der Waals surface area contributed by atoms with Crippen molar-refractivity contribution in [3.8, 4) is 17.4 Å². The highest BCUT2D eigenvalue weighted by atomic mass is 35.5. The van der Waals surface area contributed by atoms with Gasteiger partial charge in [0.25, 0.3) is 5.24 Å². The van der Waals surface area contributed by atoms with Crippen LogP contribution < -0.4 is 9.47 Å². The summed E-state index contributed by atoms with van der Waals surface area (Å²) < 4.78 is 10.5. The molecule has 0 radical (unpaired) electrons. The van der Waals surface area contributed by atoms with Gasteiger partial charge in [0.2, 0.25) is 5.88 Å². The van der Waals surface area contributed by atoms with Gasteiger partial charge in [-0.15, -0.1) is 0 Å². The number of methoxy groups -OCH3 is 1. The lowest BCUT2D eigenvalue weighted by Crippen LogP contribution is -1.91. The molecule has 0 saturated carbocycles. The Morgan fingerprint density at radius 1 is 1.22 bits per heavy atom. The third kappa shape index (κ3) is 2.99. The van der Waals surface area contributed by atoms with E-state index in [1.165, 1.54) is 6.20 Å². The number of hydrogen-bond donors (Lipinski definition) is 0. The third-order valence-electron chi connectivity index (χ3n) is 2.22. The number of halogens is 1. The van der Waals surface area contributed by atoms with E-state index < -0.39 is 5.24 Å². The van der Waals surface area contributed by atoms with E-state index in [-0.39, 0.29) is 0 Å². The summed E-state index contributed by atoms with van der Waals surface area (Å²) in [5.74, 6) is 1.58. The van der Waals surface area contributed by atoms with Crippen molar-refractivity contribution in [2.24, 2.45) is 0 Å². The summed E-state index contributed by atoms with van der Waals surface area (Å²) in [7, 11) is 1.54. The average Bonchev–Trinajstić information content (AvgIpc) is 2.40. The van der Waals surface area contributed by atoms with Gasteiger partial charge in [0.15, 0.2) is 0 Å². The largest absolute Gasteiger partial charge is 0.481 e. The Kier molecular flexibility index (Phi) is 3.79. The van der Waals surface area contributed by atoms with Crippen molar-refractivity contribution in [3.63, 3.8) is 0 Å². The average molecular weight is 264 g/mol. The van der Waals surface area contributed by atoms with Crippen LogP contribution in [-0.4, -0.2) is 17.3 Å². The zero-order valence-electron chi connectivity index (χ0n) is 9.59. The predicted octanol–water partition coefficient (Wildman–Crippen LogP) is 3.26. The number of hydrogen-bond acceptors (Lipinski definition) is 4. The molecular weight excluding hydrogens is 254 g/mol. The molecule has 1 aromatic carbocycles. The number of ether oxygens (including phenoxy) is 2. The summed E-state index contributed by atoms with van der Waals surface area (Å²) in [6, 6.07) is 10.0. The molecule has 2 rings (SSSR count). The second-order valence-electron chi connectivity index (χ2n) is 3.44. The number of rotatable bonds is 4. The van der Waals surface area contributed by atoms with Crippen molar-refractivity contribution in [2.75, 3.05) is 7.11 Å². The summed E-state index contributed by atoms with van der Waals surface area (Å²) in [6.07, 6.45) is 1.54. The van der Waals surface area contributed by atoms with Crippen LogP contribution in [0.5, 0.6) is 17.4 Å². The minimum atomic E-state index is -0.520. The Bertz CT molecular complexity index is 554. The van der Waals surface area contributed by atoms with Crippen LogP contribution in [0.3, 0.4) is 0 Å². The quantitative estimate of drug-likeness (QED) is 0.795. The maximum atomic E-state index is 11.0. The molecule has 0 N–H and O–H groups in total. The number of pyridine rings is 1. The van der Waals surface area contributed by atoms with Gasteiger partial charge in [-0.05, 0) is 35.9 Å². The predicted molar refractivity (Wildman–Crippen MR) is 67.5 cm³/mol. The first-order valence-electron chi connectivity index (χ1n) is 5.17. The summed E-state index contributed by atoms with van der Waals surface area (Å²) in [5.41, 5.74) is 0.385. The first kappa shape index (κ1) is 12.4. The van der Waals surface area contributed by atoms with Gasteiger partial charge in [-0.25, -0.2) is 4.98 Å². The minimum absolute atomic E-state index is 0.385. The van der Waals surface area contributed by atoms with Crippen LogP contribution in [-0.2, 0) is 0 Å². The molecule has 4 nitrogen and oxygen atoms in total. The van der Waals surface area contributed by atoms with Crippen LogP contribution in [0.25, 0.3) is 0 Å². The van der Waals surface area contributed by atoms with E-state index in [1.807, 2.05) is 0 Å². The molecule has 92 valence electrons. The van der Waals surface area contributed by atoms with Crippen molar-refractivity contribution in [1.29, 1.82) is 0 Å². The van der Waals surface area contributed by atoms with Crippen molar-refractivity contribution < 1.29 is 14.3 Å². The molecule has 0 atom stereocenters. The van der Waals surface area contributed by atoms with Crippen molar-refractivity contribution in [2.45, 2.75) is 0 Å². The lowest BCUT2D eigenvalue weighted by Gasteiger charge is -2.06. The summed E-state index contributed by atoms with van der Waals surface area (Å²) >= 11 is 5.39. The van der Waals surface area contributed by atoms with Gasteiger partial charge >= 0.3 is 0 Å². The number of benzene rings is 1. The van der Waals surface area contributed by atoms with Gasteiger partial charge in [0.05, 0.1) is 13.3 Å². The summed E-state index contributed by atoms with van der Waals surface area (Å²) in [6.45, 7) is 0. The van der Waals surface area contributed by atoms with E-state index >= 15 is 0 Å². The van der Waals surface area contributed by atoms with Crippen LogP contribution in [0, 0.1) is 0 Å². The van der Waals surface area contributed by atoms with Crippen molar-refractivity contribution in [1.82, 2.24) is 4.98 Å². The Hall–Kier alpha value is -2.07. The Balaban J connectivity index is 2.17. The lowest BCUT2D eigenvalue weighted by atomic mass is 10.2. The van der Waals surface area contributed by atoms with Crippen LogP contribution in [0.15, 0.2) is 42.6 Å². The standard InChI is InChI=1S/C13H10ClNO3/c1-17-12-6-5-11(8-15-12)18-10-4-2-3-9(7-10)13(14)16/h2-8H,1H3. The zero-order valence-corrected chi connectivity index (χ0v) is 10.3. The highest BCUT2D eigenvalue weighted by molar-refractivity contribution is 6.67. The second kappa shape index (κ2) is 5.51. The first-order chi connectivity index (χ1) is 8.69. The SMILES string of the molecule is COc1ccc(Oc2cccc(C(=O)Cl)c2)cn1. The number of nitrogens with zero attached hydrogens (tertiary/aromatic N) is 1. The van der Waals surface area contributed by atoms with Crippen LogP contribution in [0.4, 0.5) is 0 Å². The fourth-order valence-corrected chi connectivity index (χ4v) is 1.48. The van der Waals surface area contributed by atoms with Gasteiger partial charge < -0.3 is 9.47 Å². The van der Waals surface area contributed by atoms with Gasteiger partial charge in [-0.1, -0.05) is 6.07 Å². The molecule has 0 aliphatic rings. The van der Waals surface area contributed by atoms with Crippen LogP contribution in [0.2, 0.25) is 0 Å². The smallest absolute Gasteiger partial charge is 0.252 e. The van der Waals surface area contributed by atoms with Gasteiger partial charge in [-0.3, -0.25) is 4.79 Å². The number of carbonyl (C=O) groups excluding carboxylic acids is 1. The Morgan fingerprint density at radius 3 is 2.67 bits per heavy atom. The molecule has 5 heteroatoms. The molecular formula is C13H10ClNO3. The number of aromatic nitrogens is 1. The van der Waals surface area contributed by atoms with E-state index in [0.29, 0.717) is 22.9 Å². The summed E-state index contributed by atoms with van der Waals surface area (Å²) in [4.78, 5) is 15.0. The third-order valence-corrected chi connectivity index (χ3v) is 2.43. The molecule has 0 bridgehead atoms. The fourth-order valence-electron chi connectivity index (χ4n) is 1.37. The van der Waals surface area contributed by atoms with Gasteiger partial charge in [-0.2, -0.15) is 0 Å². The highest BCUT2D eigenvalue weighted by Crippen LogP contribution is 2.23. The maximum absolute atomic E-state index is 11.0. The molecule has 0 spiro atoms. The molecule has 0 saturated heterocycles. The minimum Gasteiger partial charge on any atom is -0.481 e. The van der Waals surface area contributed by atoms with Gasteiger partial charge in [0, 0.05) is 11.6 Å². The van der Waals surface area contributed by atoms with Crippen LogP contribution >= 0.6 is 11.6 Å². The number of carbonyl (C=O) groups is 1. The normalized spacial score (nSPS) is 9.89. The van der Waals surface area contributed by atoms with Crippen LogP contribution in [0.1, 0.15) is 10.4 Å². The van der Waals surface area contributed by atoms with E-state index in [4.69, 9.17) is 21.1 Å². The fraction of sp³-hybridized carbons (Fsp3) is 0.0769. The lowest BCUT2D eigenvalue weighted by molar-refractivity contribution is 0.108. The molecule has 0 amide bonds. The maximum Gasteiger partial charge on any atom is 0.252 e. The molecule has 0 fully saturated rings. The summed E-state index contributed by atoms with van der Waals surface area (Å²) in [5, 5.41) is -0.520. The molecule has 0 aliphatic carbocycles. The molecule has 0 aliphatic heterocycles. The molecule has 0 unspecified atom stereocenters. The van der Waals surface area contributed by atoms with Gasteiger partial charge in [0.1, 0.15) is 11.5 Å².